The molecule has 0 unspecified atom stereocenters. The number of hydrogen-bond donors (Lipinski definition) is 7. The van der Waals surface area contributed by atoms with E-state index in [4.69, 9.17) is 28.7 Å². The van der Waals surface area contributed by atoms with Gasteiger partial charge in [0.05, 0.1) is 0 Å². The number of carbonyl (C=O) groups excluding carboxylic acids is 2. The summed E-state index contributed by atoms with van der Waals surface area (Å²) >= 11 is 0. The highest BCUT2D eigenvalue weighted by molar-refractivity contribution is 5.72. The number of hydroxylamine groups is 1. The van der Waals surface area contributed by atoms with Gasteiger partial charge in [0.25, 0.3) is 5.97 Å². The molecule has 0 aliphatic heterocycles. The molecule has 0 aromatic rings. The smallest absolute Gasteiger partial charge is 0.398 e. The number of nitrogens with one attached hydrogen (secondary N) is 2. The van der Waals surface area contributed by atoms with Crippen LogP contribution in [0.5, 0.6) is 0 Å². The van der Waals surface area contributed by atoms with E-state index in [9.17, 15) is 9.59 Å². The maximum Gasteiger partial charge on any atom is 0.444 e. The molecule has 0 aliphatic rings. The quantitative estimate of drug-likeness (QED) is 0.187. The summed E-state index contributed by atoms with van der Waals surface area (Å²) in [4.78, 5) is 25.8. The summed E-state index contributed by atoms with van der Waals surface area (Å²) in [7, 11) is 0. The number of rotatable bonds is 2. The van der Waals surface area contributed by atoms with Crippen LogP contribution in [0, 0.1) is 0 Å². The SMILES string of the molecule is CC(N)(N)NC(=O)ONC(=O)OC(N)(N)N. The molecule has 11 nitrogen and oxygen atoms in total. The van der Waals surface area contributed by atoms with E-state index in [1.807, 2.05) is 5.32 Å². The van der Waals surface area contributed by atoms with E-state index in [1.165, 1.54) is 12.4 Å². The molecule has 2 amide bonds. The Morgan fingerprint density at radius 2 is 1.56 bits per heavy atom. The van der Waals surface area contributed by atoms with Gasteiger partial charge >= 0.3 is 12.2 Å². The van der Waals surface area contributed by atoms with E-state index in [-0.39, 0.29) is 0 Å². The van der Waals surface area contributed by atoms with Crippen molar-refractivity contribution in [2.45, 2.75) is 18.7 Å². The first-order chi connectivity index (χ1) is 6.99. The zero-order valence-electron chi connectivity index (χ0n) is 8.52. The van der Waals surface area contributed by atoms with Crippen molar-refractivity contribution in [1.29, 1.82) is 0 Å². The molecule has 0 saturated carbocycles. The molecule has 0 saturated heterocycles. The Hall–Kier alpha value is -1.66. The van der Waals surface area contributed by atoms with E-state index in [1.54, 1.807) is 0 Å². The molecule has 0 heterocycles. The Morgan fingerprint density at radius 1 is 1.06 bits per heavy atom. The predicted octanol–water partition coefficient (Wildman–Crippen LogP) is -3.57. The zero-order valence-corrected chi connectivity index (χ0v) is 8.52. The van der Waals surface area contributed by atoms with Crippen LogP contribution in [0.25, 0.3) is 0 Å². The summed E-state index contributed by atoms with van der Waals surface area (Å²) in [6.07, 6.45) is -2.38. The van der Waals surface area contributed by atoms with Crippen molar-refractivity contribution in [3.63, 3.8) is 0 Å². The van der Waals surface area contributed by atoms with Gasteiger partial charge in [0.2, 0.25) is 0 Å². The summed E-state index contributed by atoms with van der Waals surface area (Å²) in [6, 6.07) is 0. The number of ether oxygens (including phenoxy) is 1. The Morgan fingerprint density at radius 3 is 1.94 bits per heavy atom. The molecular weight excluding hydrogens is 222 g/mol. The second-order valence-corrected chi connectivity index (χ2v) is 3.14. The molecule has 0 atom stereocenters. The van der Waals surface area contributed by atoms with Crippen LogP contribution in [0.1, 0.15) is 6.92 Å². The van der Waals surface area contributed by atoms with E-state index in [2.05, 4.69) is 9.57 Å². The third-order valence-corrected chi connectivity index (χ3v) is 0.868. The van der Waals surface area contributed by atoms with Crippen molar-refractivity contribution in [2.75, 3.05) is 0 Å². The second kappa shape index (κ2) is 4.91. The third-order valence-electron chi connectivity index (χ3n) is 0.868. The van der Waals surface area contributed by atoms with Gasteiger partial charge in [-0.05, 0) is 6.92 Å². The van der Waals surface area contributed by atoms with E-state index in [0.29, 0.717) is 0 Å². The van der Waals surface area contributed by atoms with E-state index in [0.717, 1.165) is 0 Å². The Bertz CT molecular complexity index is 239. The molecule has 94 valence electrons. The van der Waals surface area contributed by atoms with Crippen molar-refractivity contribution in [3.05, 3.63) is 0 Å². The fraction of sp³-hybridized carbons (Fsp3) is 0.600. The first kappa shape index (κ1) is 14.3. The molecule has 0 aliphatic carbocycles. The third kappa shape index (κ3) is 8.92. The minimum Gasteiger partial charge on any atom is -0.398 e. The Kier molecular flexibility index (Phi) is 4.40. The molecule has 12 N–H and O–H groups in total. The van der Waals surface area contributed by atoms with E-state index < -0.39 is 23.9 Å². The average molecular weight is 237 g/mol. The highest BCUT2D eigenvalue weighted by Crippen LogP contribution is 1.86. The molecule has 0 rings (SSSR count). The summed E-state index contributed by atoms with van der Waals surface area (Å²) in [5, 5.41) is 1.97. The summed E-state index contributed by atoms with van der Waals surface area (Å²) < 4.78 is 4.13. The molecule has 0 bridgehead atoms. The molecule has 0 spiro atoms. The number of carbonyl (C=O) groups is 2. The van der Waals surface area contributed by atoms with Crippen molar-refractivity contribution >= 4 is 12.2 Å². The van der Waals surface area contributed by atoms with Gasteiger partial charge in [0, 0.05) is 0 Å². The lowest BCUT2D eigenvalue weighted by Crippen LogP contribution is -2.63. The van der Waals surface area contributed by atoms with Crippen LogP contribution in [-0.2, 0) is 9.57 Å². The summed E-state index contributed by atoms with van der Waals surface area (Å²) in [5.41, 5.74) is 26.7. The lowest BCUT2D eigenvalue weighted by Gasteiger charge is -2.21. The minimum absolute atomic E-state index is 1.11. The molecule has 0 radical (unpaired) electrons. The maximum atomic E-state index is 10.9. The van der Waals surface area contributed by atoms with Gasteiger partial charge < -0.3 is 9.57 Å². The van der Waals surface area contributed by atoms with Gasteiger partial charge in [-0.25, -0.2) is 9.59 Å². The van der Waals surface area contributed by atoms with Crippen molar-refractivity contribution in [2.24, 2.45) is 28.7 Å². The molecular formula is C5H15N7O4. The molecule has 0 aromatic carbocycles. The number of hydrogen-bond acceptors (Lipinski definition) is 9. The van der Waals surface area contributed by atoms with Crippen LogP contribution in [0.4, 0.5) is 9.59 Å². The molecule has 11 heteroatoms. The zero-order chi connectivity index (χ0) is 13.0. The van der Waals surface area contributed by atoms with Gasteiger partial charge in [0.15, 0.2) is 0 Å². The monoisotopic (exact) mass is 237 g/mol. The van der Waals surface area contributed by atoms with Crippen LogP contribution in [-0.4, -0.2) is 23.9 Å². The standard InChI is InChI=1S/C5H15N7O4/c1-4(6,7)11-2(13)16-12-3(14)15-5(8,9)10/h6-10H2,1H3,(H,11,13)(H,12,14). The van der Waals surface area contributed by atoms with Gasteiger partial charge in [-0.1, -0.05) is 0 Å². The van der Waals surface area contributed by atoms with Crippen LogP contribution in [0.3, 0.4) is 0 Å². The minimum atomic E-state index is -2.18. The Labute approximate surface area is 90.5 Å². The highest BCUT2D eigenvalue weighted by atomic mass is 16.7. The van der Waals surface area contributed by atoms with Crippen molar-refractivity contribution < 1.29 is 19.2 Å². The second-order valence-electron chi connectivity index (χ2n) is 3.14. The van der Waals surface area contributed by atoms with E-state index >= 15 is 0 Å². The first-order valence-electron chi connectivity index (χ1n) is 3.92. The largest absolute Gasteiger partial charge is 0.444 e. The number of amides is 2. The van der Waals surface area contributed by atoms with Gasteiger partial charge in [0.1, 0.15) is 5.79 Å². The fourth-order valence-electron chi connectivity index (χ4n) is 0.515. The molecule has 0 aromatic heterocycles. The van der Waals surface area contributed by atoms with Crippen molar-refractivity contribution in [3.8, 4) is 0 Å². The normalized spacial score (nSPS) is 11.6. The van der Waals surface area contributed by atoms with Gasteiger partial charge in [-0.15, -0.1) is 5.48 Å². The number of nitrogens with two attached hydrogens (primary N) is 5. The van der Waals surface area contributed by atoms with Crippen LogP contribution in [0.15, 0.2) is 0 Å². The lowest BCUT2D eigenvalue weighted by atomic mass is 10.4. The topological polar surface area (TPSA) is 207 Å². The highest BCUT2D eigenvalue weighted by Gasteiger charge is 2.20. The fourth-order valence-corrected chi connectivity index (χ4v) is 0.515. The Balaban J connectivity index is 3.90. The average Bonchev–Trinajstić information content (AvgIpc) is 1.94. The summed E-state index contributed by atoms with van der Waals surface area (Å²) in [6.45, 7) is 1.29. The first-order valence-corrected chi connectivity index (χ1v) is 3.92. The lowest BCUT2D eigenvalue weighted by molar-refractivity contribution is -0.00502. The van der Waals surface area contributed by atoms with Gasteiger partial charge in [-0.3, -0.25) is 34.0 Å². The van der Waals surface area contributed by atoms with Gasteiger partial charge in [-0.2, -0.15) is 0 Å². The predicted molar refractivity (Wildman–Crippen MR) is 51.3 cm³/mol. The van der Waals surface area contributed by atoms with Crippen LogP contribution < -0.4 is 39.5 Å². The molecule has 0 fully saturated rings. The van der Waals surface area contributed by atoms with Crippen LogP contribution >= 0.6 is 0 Å². The van der Waals surface area contributed by atoms with Crippen LogP contribution in [0.2, 0.25) is 0 Å². The van der Waals surface area contributed by atoms with Crippen molar-refractivity contribution in [1.82, 2.24) is 10.8 Å². The molecule has 16 heavy (non-hydrogen) atoms. The summed E-state index contributed by atoms with van der Waals surface area (Å²) in [5.74, 6) is -3.68. The maximum absolute atomic E-state index is 10.9.